The summed E-state index contributed by atoms with van der Waals surface area (Å²) >= 11 is 0. The number of ether oxygens (including phenoxy) is 1. The molecular weight excluding hydrogens is 238 g/mol. The third kappa shape index (κ3) is 4.48. The molecule has 0 saturated carbocycles. The molecule has 1 saturated heterocycles. The molecule has 106 valence electrons. The summed E-state index contributed by atoms with van der Waals surface area (Å²) in [5.74, 6) is 1.69. The smallest absolute Gasteiger partial charge is 0.128 e. The summed E-state index contributed by atoms with van der Waals surface area (Å²) in [5, 5.41) is 3.31. The largest absolute Gasteiger partial charge is 0.381 e. The summed E-state index contributed by atoms with van der Waals surface area (Å²) in [6, 6.07) is 6.24. The maximum atomic E-state index is 5.54. The number of hydrogen-bond donors (Lipinski definition) is 1. The second-order valence-corrected chi connectivity index (χ2v) is 5.23. The van der Waals surface area contributed by atoms with Gasteiger partial charge in [0.2, 0.25) is 0 Å². The molecule has 19 heavy (non-hydrogen) atoms. The van der Waals surface area contributed by atoms with Gasteiger partial charge in [0.1, 0.15) is 5.82 Å². The molecule has 1 N–H and O–H groups in total. The van der Waals surface area contributed by atoms with E-state index in [1.807, 2.05) is 0 Å². The Balaban J connectivity index is 1.91. The summed E-state index contributed by atoms with van der Waals surface area (Å²) < 4.78 is 5.54. The van der Waals surface area contributed by atoms with E-state index in [0.717, 1.165) is 44.4 Å². The minimum atomic E-state index is 0.637. The van der Waals surface area contributed by atoms with Gasteiger partial charge in [-0.25, -0.2) is 4.98 Å². The second-order valence-electron chi connectivity index (χ2n) is 5.23. The summed E-state index contributed by atoms with van der Waals surface area (Å²) in [4.78, 5) is 6.94. The Kier molecular flexibility index (Phi) is 5.61. The number of pyridine rings is 1. The van der Waals surface area contributed by atoms with Crippen LogP contribution in [0.2, 0.25) is 0 Å². The number of aromatic nitrogens is 1. The second kappa shape index (κ2) is 7.46. The molecule has 0 aromatic carbocycles. The van der Waals surface area contributed by atoms with E-state index in [4.69, 9.17) is 9.72 Å². The Bertz CT molecular complexity index is 377. The van der Waals surface area contributed by atoms with Crippen LogP contribution in [0.3, 0.4) is 0 Å². The van der Waals surface area contributed by atoms with Crippen molar-refractivity contribution in [1.82, 2.24) is 10.3 Å². The molecular formula is C15H25N3O. The van der Waals surface area contributed by atoms with Gasteiger partial charge in [-0.15, -0.1) is 0 Å². The normalized spacial score (nSPS) is 19.4. The monoisotopic (exact) mass is 263 g/mol. The molecule has 1 aliphatic rings. The van der Waals surface area contributed by atoms with Gasteiger partial charge in [0.15, 0.2) is 0 Å². The zero-order valence-electron chi connectivity index (χ0n) is 12.1. The fourth-order valence-corrected chi connectivity index (χ4v) is 2.46. The van der Waals surface area contributed by atoms with E-state index in [2.05, 4.69) is 42.4 Å². The van der Waals surface area contributed by atoms with Crippen LogP contribution in [0.15, 0.2) is 18.2 Å². The predicted octanol–water partition coefficient (Wildman–Crippen LogP) is 2.05. The van der Waals surface area contributed by atoms with Crippen LogP contribution in [0, 0.1) is 5.92 Å². The lowest BCUT2D eigenvalue weighted by atomic mass is 10.0. The van der Waals surface area contributed by atoms with Crippen LogP contribution in [0.5, 0.6) is 0 Å². The first-order valence-corrected chi connectivity index (χ1v) is 7.25. The predicted molar refractivity (Wildman–Crippen MR) is 78.4 cm³/mol. The average molecular weight is 263 g/mol. The molecule has 1 aromatic heterocycles. The number of anilines is 1. The van der Waals surface area contributed by atoms with Gasteiger partial charge in [0.05, 0.1) is 12.3 Å². The van der Waals surface area contributed by atoms with Gasteiger partial charge in [-0.05, 0) is 37.4 Å². The highest BCUT2D eigenvalue weighted by Crippen LogP contribution is 2.17. The summed E-state index contributed by atoms with van der Waals surface area (Å²) in [6.07, 6.45) is 2.45. The quantitative estimate of drug-likeness (QED) is 0.852. The van der Waals surface area contributed by atoms with E-state index in [1.165, 1.54) is 12.8 Å². The van der Waals surface area contributed by atoms with Crippen molar-refractivity contribution in [1.29, 1.82) is 0 Å². The van der Waals surface area contributed by atoms with Crippen molar-refractivity contribution in [2.45, 2.75) is 26.3 Å². The minimum absolute atomic E-state index is 0.637. The van der Waals surface area contributed by atoms with E-state index in [0.29, 0.717) is 5.92 Å². The van der Waals surface area contributed by atoms with E-state index < -0.39 is 0 Å². The Morgan fingerprint density at radius 1 is 1.47 bits per heavy atom. The zero-order chi connectivity index (χ0) is 13.5. The molecule has 0 aliphatic carbocycles. The topological polar surface area (TPSA) is 37.4 Å². The van der Waals surface area contributed by atoms with Gasteiger partial charge in [-0.3, -0.25) is 0 Å². The highest BCUT2D eigenvalue weighted by atomic mass is 16.5. The molecule has 4 nitrogen and oxygen atoms in total. The van der Waals surface area contributed by atoms with Crippen LogP contribution >= 0.6 is 0 Å². The molecule has 1 atom stereocenters. The van der Waals surface area contributed by atoms with Crippen molar-refractivity contribution in [3.63, 3.8) is 0 Å². The third-order valence-corrected chi connectivity index (χ3v) is 3.53. The van der Waals surface area contributed by atoms with Crippen molar-refractivity contribution in [2.75, 3.05) is 38.3 Å². The fraction of sp³-hybridized carbons (Fsp3) is 0.667. The molecule has 1 aromatic rings. The van der Waals surface area contributed by atoms with Crippen molar-refractivity contribution in [2.24, 2.45) is 5.92 Å². The van der Waals surface area contributed by atoms with Crippen LogP contribution in [0.4, 0.5) is 5.82 Å². The van der Waals surface area contributed by atoms with Crippen LogP contribution in [-0.4, -0.2) is 38.3 Å². The maximum Gasteiger partial charge on any atom is 0.128 e. The zero-order valence-corrected chi connectivity index (χ0v) is 12.1. The molecule has 1 aliphatic heterocycles. The number of rotatable bonds is 6. The summed E-state index contributed by atoms with van der Waals surface area (Å²) in [6.45, 7) is 6.76. The van der Waals surface area contributed by atoms with Crippen molar-refractivity contribution in [3.05, 3.63) is 23.9 Å². The first-order chi connectivity index (χ1) is 9.29. The highest BCUT2D eigenvalue weighted by Gasteiger charge is 2.16. The fourth-order valence-electron chi connectivity index (χ4n) is 2.46. The number of nitrogens with one attached hydrogen (secondary N) is 1. The van der Waals surface area contributed by atoms with Crippen LogP contribution < -0.4 is 10.2 Å². The Labute approximate surface area is 116 Å². The molecule has 0 radical (unpaired) electrons. The Hall–Kier alpha value is -1.13. The lowest BCUT2D eigenvalue weighted by Crippen LogP contribution is -2.31. The van der Waals surface area contributed by atoms with Crippen LogP contribution in [0.1, 0.15) is 25.5 Å². The summed E-state index contributed by atoms with van der Waals surface area (Å²) in [5.41, 5.74) is 1.10. The molecule has 4 heteroatoms. The van der Waals surface area contributed by atoms with Gasteiger partial charge in [0, 0.05) is 26.7 Å². The molecule has 2 heterocycles. The molecule has 0 spiro atoms. The SMILES string of the molecule is CCNCc1cccc(N(C)CC2CCCOC2)n1. The maximum absolute atomic E-state index is 5.54. The van der Waals surface area contributed by atoms with Gasteiger partial charge >= 0.3 is 0 Å². The Morgan fingerprint density at radius 3 is 3.11 bits per heavy atom. The Morgan fingerprint density at radius 2 is 2.37 bits per heavy atom. The minimum Gasteiger partial charge on any atom is -0.381 e. The van der Waals surface area contributed by atoms with Gasteiger partial charge in [-0.1, -0.05) is 13.0 Å². The lowest BCUT2D eigenvalue weighted by Gasteiger charge is -2.28. The molecule has 0 bridgehead atoms. The van der Waals surface area contributed by atoms with E-state index in [-0.39, 0.29) is 0 Å². The van der Waals surface area contributed by atoms with E-state index in [9.17, 15) is 0 Å². The average Bonchev–Trinajstić information content (AvgIpc) is 2.46. The van der Waals surface area contributed by atoms with Crippen molar-refractivity contribution in [3.8, 4) is 0 Å². The third-order valence-electron chi connectivity index (χ3n) is 3.53. The van der Waals surface area contributed by atoms with Gasteiger partial charge in [0.25, 0.3) is 0 Å². The molecule has 1 unspecified atom stereocenters. The van der Waals surface area contributed by atoms with Crippen LogP contribution in [-0.2, 0) is 11.3 Å². The summed E-state index contributed by atoms with van der Waals surface area (Å²) in [7, 11) is 2.12. The standard InChI is InChI=1S/C15H25N3O/c1-3-16-10-14-7-4-8-15(17-14)18(2)11-13-6-5-9-19-12-13/h4,7-8,13,16H,3,5-6,9-12H2,1-2H3. The molecule has 1 fully saturated rings. The number of hydrogen-bond acceptors (Lipinski definition) is 4. The van der Waals surface area contributed by atoms with Crippen LogP contribution in [0.25, 0.3) is 0 Å². The van der Waals surface area contributed by atoms with E-state index in [1.54, 1.807) is 0 Å². The molecule has 0 amide bonds. The first-order valence-electron chi connectivity index (χ1n) is 7.25. The molecule has 2 rings (SSSR count). The van der Waals surface area contributed by atoms with E-state index >= 15 is 0 Å². The lowest BCUT2D eigenvalue weighted by molar-refractivity contribution is 0.0576. The first kappa shape index (κ1) is 14.3. The van der Waals surface area contributed by atoms with Crippen molar-refractivity contribution >= 4 is 5.82 Å². The highest BCUT2D eigenvalue weighted by molar-refractivity contribution is 5.38. The van der Waals surface area contributed by atoms with Gasteiger partial charge in [-0.2, -0.15) is 0 Å². The number of nitrogens with zero attached hydrogens (tertiary/aromatic N) is 2. The van der Waals surface area contributed by atoms with Gasteiger partial charge < -0.3 is 15.0 Å². The van der Waals surface area contributed by atoms with Crippen molar-refractivity contribution < 1.29 is 4.74 Å².